The largest absolute Gasteiger partial charge is 0.338 e. The number of benzene rings is 1. The summed E-state index contributed by atoms with van der Waals surface area (Å²) in [5.74, 6) is -1.09. The standard InChI is InChI=1S/C19H25N3O3/c1-14-8-6-7-11-16(14)22-18(24)17(23)21(19(22)25)13-20(2)12-15-9-4-3-5-10-15/h3-5,9-10,14,16H,6-8,11-13H2,1-2H3/p+1/t14-,16-/m0/s1. The van der Waals surface area contributed by atoms with E-state index in [0.29, 0.717) is 6.54 Å². The highest BCUT2D eigenvalue weighted by atomic mass is 16.2. The van der Waals surface area contributed by atoms with Gasteiger partial charge in [0.1, 0.15) is 6.54 Å². The molecule has 0 bridgehead atoms. The molecule has 3 rings (SSSR count). The Morgan fingerprint density at radius 1 is 1.04 bits per heavy atom. The molecular weight excluding hydrogens is 318 g/mol. The highest BCUT2D eigenvalue weighted by Gasteiger charge is 2.50. The molecule has 4 amide bonds. The number of rotatable bonds is 5. The highest BCUT2D eigenvalue weighted by Crippen LogP contribution is 2.30. The number of hydrogen-bond acceptors (Lipinski definition) is 3. The van der Waals surface area contributed by atoms with E-state index in [1.165, 1.54) is 4.90 Å². The molecule has 1 unspecified atom stereocenters. The molecule has 1 saturated heterocycles. The van der Waals surface area contributed by atoms with Crippen molar-refractivity contribution in [3.63, 3.8) is 0 Å². The Morgan fingerprint density at radius 3 is 2.40 bits per heavy atom. The van der Waals surface area contributed by atoms with Gasteiger partial charge in [-0.05, 0) is 18.8 Å². The zero-order valence-corrected chi connectivity index (χ0v) is 14.9. The van der Waals surface area contributed by atoms with Crippen LogP contribution in [-0.2, 0) is 16.1 Å². The van der Waals surface area contributed by atoms with Crippen molar-refractivity contribution in [3.8, 4) is 0 Å². The third-order valence-corrected chi connectivity index (χ3v) is 5.26. The van der Waals surface area contributed by atoms with Crippen molar-refractivity contribution in [1.29, 1.82) is 0 Å². The van der Waals surface area contributed by atoms with Crippen molar-refractivity contribution >= 4 is 17.8 Å². The van der Waals surface area contributed by atoms with E-state index in [4.69, 9.17) is 0 Å². The van der Waals surface area contributed by atoms with Crippen LogP contribution in [-0.4, -0.2) is 47.4 Å². The Morgan fingerprint density at radius 2 is 1.72 bits per heavy atom. The Kier molecular flexibility index (Phi) is 5.18. The van der Waals surface area contributed by atoms with Gasteiger partial charge in [-0.1, -0.05) is 50.1 Å². The normalized spacial score (nSPS) is 25.6. The van der Waals surface area contributed by atoms with Gasteiger partial charge in [-0.25, -0.2) is 9.69 Å². The van der Waals surface area contributed by atoms with Crippen LogP contribution < -0.4 is 4.90 Å². The van der Waals surface area contributed by atoms with Gasteiger partial charge in [-0.3, -0.25) is 14.5 Å². The minimum Gasteiger partial charge on any atom is -0.316 e. The number of imide groups is 2. The summed E-state index contributed by atoms with van der Waals surface area (Å²) in [6.45, 7) is 2.95. The zero-order valence-electron chi connectivity index (χ0n) is 14.9. The van der Waals surface area contributed by atoms with Gasteiger partial charge in [0.15, 0.2) is 6.67 Å². The molecule has 1 aliphatic heterocycles. The molecule has 0 spiro atoms. The number of carbonyl (C=O) groups excluding carboxylic acids is 3. The average molecular weight is 344 g/mol. The van der Waals surface area contributed by atoms with Crippen LogP contribution in [0.3, 0.4) is 0 Å². The van der Waals surface area contributed by atoms with Gasteiger partial charge >= 0.3 is 17.8 Å². The summed E-state index contributed by atoms with van der Waals surface area (Å²) in [5.41, 5.74) is 1.13. The van der Waals surface area contributed by atoms with E-state index < -0.39 is 17.8 Å². The van der Waals surface area contributed by atoms with Crippen LogP contribution >= 0.6 is 0 Å². The van der Waals surface area contributed by atoms with Crippen LogP contribution in [0.15, 0.2) is 30.3 Å². The lowest BCUT2D eigenvalue weighted by Crippen LogP contribution is -3.09. The third kappa shape index (κ3) is 3.58. The predicted molar refractivity (Wildman–Crippen MR) is 92.4 cm³/mol. The van der Waals surface area contributed by atoms with Gasteiger partial charge in [0.2, 0.25) is 0 Å². The molecule has 6 heteroatoms. The predicted octanol–water partition coefficient (Wildman–Crippen LogP) is 1.03. The molecule has 3 atom stereocenters. The first-order chi connectivity index (χ1) is 12.0. The topological polar surface area (TPSA) is 62.1 Å². The van der Waals surface area contributed by atoms with E-state index in [0.717, 1.165) is 41.0 Å². The molecule has 1 aromatic carbocycles. The van der Waals surface area contributed by atoms with Gasteiger partial charge in [0, 0.05) is 11.6 Å². The lowest BCUT2D eigenvalue weighted by Gasteiger charge is -2.34. The molecule has 1 saturated carbocycles. The van der Waals surface area contributed by atoms with E-state index >= 15 is 0 Å². The van der Waals surface area contributed by atoms with Crippen molar-refractivity contribution in [2.75, 3.05) is 13.7 Å². The van der Waals surface area contributed by atoms with Crippen molar-refractivity contribution in [2.45, 2.75) is 45.2 Å². The molecule has 0 aromatic heterocycles. The van der Waals surface area contributed by atoms with Crippen LogP contribution in [0.25, 0.3) is 0 Å². The van der Waals surface area contributed by atoms with Crippen LogP contribution in [0.1, 0.15) is 38.2 Å². The quantitative estimate of drug-likeness (QED) is 0.641. The number of nitrogens with zero attached hydrogens (tertiary/aromatic N) is 2. The van der Waals surface area contributed by atoms with Crippen molar-refractivity contribution < 1.29 is 19.3 Å². The smallest absolute Gasteiger partial charge is 0.316 e. The fraction of sp³-hybridized carbons (Fsp3) is 0.526. The summed E-state index contributed by atoms with van der Waals surface area (Å²) >= 11 is 0. The van der Waals surface area contributed by atoms with Crippen LogP contribution in [0.4, 0.5) is 4.79 Å². The van der Waals surface area contributed by atoms with Crippen molar-refractivity contribution in [2.24, 2.45) is 5.92 Å². The number of amides is 4. The Hall–Kier alpha value is -2.21. The number of urea groups is 1. The average Bonchev–Trinajstić information content (AvgIpc) is 2.80. The van der Waals surface area contributed by atoms with E-state index in [2.05, 4.69) is 6.92 Å². The number of carbonyl (C=O) groups is 3. The Labute approximate surface area is 148 Å². The van der Waals surface area contributed by atoms with E-state index in [9.17, 15) is 14.4 Å². The van der Waals surface area contributed by atoms with Gasteiger partial charge < -0.3 is 4.90 Å². The summed E-state index contributed by atoms with van der Waals surface area (Å²) in [6.07, 6.45) is 3.91. The number of hydrogen-bond donors (Lipinski definition) is 1. The molecule has 1 N–H and O–H groups in total. The monoisotopic (exact) mass is 344 g/mol. The van der Waals surface area contributed by atoms with E-state index in [1.807, 2.05) is 37.4 Å². The summed E-state index contributed by atoms with van der Waals surface area (Å²) in [7, 11) is 1.92. The molecule has 134 valence electrons. The van der Waals surface area contributed by atoms with Crippen molar-refractivity contribution in [1.82, 2.24) is 9.80 Å². The molecule has 1 heterocycles. The first kappa shape index (κ1) is 17.6. The van der Waals surface area contributed by atoms with Gasteiger partial charge in [-0.15, -0.1) is 0 Å². The third-order valence-electron chi connectivity index (χ3n) is 5.26. The zero-order chi connectivity index (χ0) is 18.0. The second-order valence-corrected chi connectivity index (χ2v) is 7.30. The number of nitrogens with one attached hydrogen (secondary N) is 1. The van der Waals surface area contributed by atoms with Gasteiger partial charge in [0.25, 0.3) is 0 Å². The lowest BCUT2D eigenvalue weighted by molar-refractivity contribution is -0.901. The van der Waals surface area contributed by atoms with Crippen LogP contribution in [0, 0.1) is 5.92 Å². The number of quaternary nitrogens is 1. The molecule has 25 heavy (non-hydrogen) atoms. The molecule has 2 aliphatic rings. The maximum absolute atomic E-state index is 12.8. The van der Waals surface area contributed by atoms with E-state index in [1.54, 1.807) is 0 Å². The summed E-state index contributed by atoms with van der Waals surface area (Å²) in [5, 5.41) is 0. The summed E-state index contributed by atoms with van der Waals surface area (Å²) in [6, 6.07) is 9.32. The second kappa shape index (κ2) is 7.35. The fourth-order valence-electron chi connectivity index (χ4n) is 3.90. The van der Waals surface area contributed by atoms with Crippen LogP contribution in [0.5, 0.6) is 0 Å². The van der Waals surface area contributed by atoms with E-state index in [-0.39, 0.29) is 18.6 Å². The Bertz CT molecular complexity index is 661. The molecule has 6 nitrogen and oxygen atoms in total. The van der Waals surface area contributed by atoms with Crippen LogP contribution in [0.2, 0.25) is 0 Å². The molecule has 2 fully saturated rings. The molecule has 1 aromatic rings. The SMILES string of the molecule is C[C@H]1CCCC[C@@H]1N1C(=O)C(=O)N(C[NH+](C)Cc2ccccc2)C1=O. The lowest BCUT2D eigenvalue weighted by atomic mass is 9.85. The van der Waals surface area contributed by atoms with Gasteiger partial charge in [-0.2, -0.15) is 0 Å². The molecule has 0 radical (unpaired) electrons. The Balaban J connectivity index is 1.68. The first-order valence-corrected chi connectivity index (χ1v) is 9.03. The first-order valence-electron chi connectivity index (χ1n) is 9.03. The summed E-state index contributed by atoms with van der Waals surface area (Å²) < 4.78 is 0. The highest BCUT2D eigenvalue weighted by molar-refractivity contribution is 6.44. The maximum atomic E-state index is 12.8. The molecular formula is C19H26N3O3+. The fourth-order valence-corrected chi connectivity index (χ4v) is 3.90. The van der Waals surface area contributed by atoms with Crippen molar-refractivity contribution in [3.05, 3.63) is 35.9 Å². The minimum atomic E-state index is -0.685. The minimum absolute atomic E-state index is 0.142. The second-order valence-electron chi connectivity index (χ2n) is 7.30. The molecule has 1 aliphatic carbocycles. The summed E-state index contributed by atoms with van der Waals surface area (Å²) in [4.78, 5) is 40.9. The maximum Gasteiger partial charge on any atom is 0.338 e. The van der Waals surface area contributed by atoms with Gasteiger partial charge in [0.05, 0.1) is 7.05 Å².